The summed E-state index contributed by atoms with van der Waals surface area (Å²) in [5.74, 6) is 1.18. The van der Waals surface area contributed by atoms with Crippen LogP contribution in [0.2, 0.25) is 0 Å². The minimum atomic E-state index is 0.827. The van der Waals surface area contributed by atoms with Crippen LogP contribution in [-0.2, 0) is 4.74 Å². The maximum absolute atomic E-state index is 5.31. The quantitative estimate of drug-likeness (QED) is 0.499. The average molecular weight is 196 g/mol. The Morgan fingerprint density at radius 2 is 2.00 bits per heavy atom. The third-order valence-electron chi connectivity index (χ3n) is 2.16. The van der Waals surface area contributed by atoms with Crippen LogP contribution in [0, 0.1) is 0 Å². The van der Waals surface area contributed by atoms with Crippen LogP contribution in [0.4, 0.5) is 0 Å². The zero-order valence-electron chi connectivity index (χ0n) is 9.42. The van der Waals surface area contributed by atoms with Crippen molar-refractivity contribution in [3.8, 4) is 0 Å². The van der Waals surface area contributed by atoms with E-state index in [0.29, 0.717) is 0 Å². The molecule has 0 aromatic heterocycles. The lowest BCUT2D eigenvalue weighted by Gasteiger charge is -2.29. The highest BCUT2D eigenvalue weighted by Crippen LogP contribution is 2.03. The van der Waals surface area contributed by atoms with Gasteiger partial charge in [-0.05, 0) is 13.8 Å². The molecule has 0 unspecified atom stereocenters. The van der Waals surface area contributed by atoms with Crippen molar-refractivity contribution in [1.29, 1.82) is 0 Å². The number of morpholine rings is 1. The van der Waals surface area contributed by atoms with E-state index in [2.05, 4.69) is 30.7 Å². The van der Waals surface area contributed by atoms with Gasteiger partial charge in [0.05, 0.1) is 13.2 Å². The van der Waals surface area contributed by atoms with Crippen molar-refractivity contribution in [1.82, 2.24) is 4.90 Å². The van der Waals surface area contributed by atoms with Crippen LogP contribution in [0.1, 0.15) is 27.2 Å². The summed E-state index contributed by atoms with van der Waals surface area (Å²) in [6, 6.07) is 0. The van der Waals surface area contributed by atoms with E-state index in [1.807, 2.05) is 6.20 Å². The van der Waals surface area contributed by atoms with Gasteiger partial charge in [-0.15, -0.1) is 0 Å². The van der Waals surface area contributed by atoms with Crippen LogP contribution < -0.4 is 0 Å². The first kappa shape index (κ1) is 11.2. The highest BCUT2D eigenvalue weighted by molar-refractivity contribution is 5.82. The maximum Gasteiger partial charge on any atom is 0.104 e. The molecule has 1 aliphatic heterocycles. The van der Waals surface area contributed by atoms with Gasteiger partial charge in [-0.1, -0.05) is 12.5 Å². The van der Waals surface area contributed by atoms with Crippen LogP contribution in [0.25, 0.3) is 0 Å². The fourth-order valence-electron chi connectivity index (χ4n) is 1.42. The summed E-state index contributed by atoms with van der Waals surface area (Å²) in [5, 5.41) is 0. The summed E-state index contributed by atoms with van der Waals surface area (Å²) < 4.78 is 5.31. The number of rotatable bonds is 2. The highest BCUT2D eigenvalue weighted by atomic mass is 16.5. The normalized spacial score (nSPS) is 18.2. The number of amidine groups is 1. The Balaban J connectivity index is 2.59. The first-order valence-electron chi connectivity index (χ1n) is 5.26. The van der Waals surface area contributed by atoms with Gasteiger partial charge in [0.2, 0.25) is 0 Å². The first-order valence-corrected chi connectivity index (χ1v) is 5.26. The average Bonchev–Trinajstić information content (AvgIpc) is 2.20. The lowest BCUT2D eigenvalue weighted by molar-refractivity contribution is 0.0673. The Labute approximate surface area is 86.5 Å². The molecule has 0 N–H and O–H groups in total. The third-order valence-corrected chi connectivity index (χ3v) is 2.16. The number of hydrogen-bond acceptors (Lipinski definition) is 2. The fraction of sp³-hybridized carbons (Fsp3) is 0.727. The Bertz CT molecular complexity index is 223. The summed E-state index contributed by atoms with van der Waals surface area (Å²) in [6.45, 7) is 9.88. The van der Waals surface area contributed by atoms with Gasteiger partial charge in [0.15, 0.2) is 0 Å². The molecular formula is C11H20N2O. The molecule has 1 rings (SSSR count). The van der Waals surface area contributed by atoms with Crippen LogP contribution in [0.5, 0.6) is 0 Å². The van der Waals surface area contributed by atoms with Gasteiger partial charge < -0.3 is 9.64 Å². The van der Waals surface area contributed by atoms with E-state index in [4.69, 9.17) is 4.74 Å². The maximum atomic E-state index is 5.31. The minimum absolute atomic E-state index is 0.827. The molecular weight excluding hydrogens is 176 g/mol. The lowest BCUT2D eigenvalue weighted by atomic mass is 10.3. The summed E-state index contributed by atoms with van der Waals surface area (Å²) in [5.41, 5.74) is 1.24. The highest BCUT2D eigenvalue weighted by Gasteiger charge is 2.12. The van der Waals surface area contributed by atoms with Crippen LogP contribution in [0.15, 0.2) is 16.8 Å². The molecule has 0 bridgehead atoms. The third kappa shape index (κ3) is 3.50. The molecule has 1 fully saturated rings. The molecule has 1 saturated heterocycles. The standard InChI is InChI=1S/C11H20N2O/c1-4-11(12-9-10(2)3)13-5-7-14-8-6-13/h9H,4-8H2,1-3H3. The topological polar surface area (TPSA) is 24.8 Å². The van der Waals surface area contributed by atoms with E-state index in [-0.39, 0.29) is 0 Å². The Morgan fingerprint density at radius 3 is 2.50 bits per heavy atom. The van der Waals surface area contributed by atoms with Crippen molar-refractivity contribution >= 4 is 5.84 Å². The zero-order chi connectivity index (χ0) is 10.4. The van der Waals surface area contributed by atoms with E-state index in [0.717, 1.165) is 32.7 Å². The van der Waals surface area contributed by atoms with Crippen LogP contribution >= 0.6 is 0 Å². The second-order valence-corrected chi connectivity index (χ2v) is 3.70. The van der Waals surface area contributed by atoms with Gasteiger partial charge in [0, 0.05) is 25.7 Å². The molecule has 3 heteroatoms. The second-order valence-electron chi connectivity index (χ2n) is 3.70. The van der Waals surface area contributed by atoms with Gasteiger partial charge in [0.25, 0.3) is 0 Å². The molecule has 0 aromatic rings. The first-order chi connectivity index (χ1) is 6.74. The number of hydrogen-bond donors (Lipinski definition) is 0. The van der Waals surface area contributed by atoms with Crippen molar-refractivity contribution < 1.29 is 4.74 Å². The summed E-state index contributed by atoms with van der Waals surface area (Å²) in [7, 11) is 0. The number of nitrogens with zero attached hydrogens (tertiary/aromatic N) is 2. The zero-order valence-corrected chi connectivity index (χ0v) is 9.42. The molecule has 0 amide bonds. The number of allylic oxidation sites excluding steroid dienone is 1. The second kappa shape index (κ2) is 5.81. The van der Waals surface area contributed by atoms with Gasteiger partial charge in [0.1, 0.15) is 5.84 Å². The molecule has 14 heavy (non-hydrogen) atoms. The molecule has 3 nitrogen and oxygen atoms in total. The molecule has 0 aromatic carbocycles. The summed E-state index contributed by atoms with van der Waals surface area (Å²) in [4.78, 5) is 6.80. The van der Waals surface area contributed by atoms with Crippen molar-refractivity contribution in [2.75, 3.05) is 26.3 Å². The molecule has 0 spiro atoms. The van der Waals surface area contributed by atoms with E-state index in [1.54, 1.807) is 0 Å². The number of ether oxygens (including phenoxy) is 1. The van der Waals surface area contributed by atoms with Gasteiger partial charge >= 0.3 is 0 Å². The molecule has 80 valence electrons. The van der Waals surface area contributed by atoms with Crippen molar-refractivity contribution in [2.24, 2.45) is 4.99 Å². The van der Waals surface area contributed by atoms with Crippen LogP contribution in [0.3, 0.4) is 0 Å². The van der Waals surface area contributed by atoms with E-state index in [9.17, 15) is 0 Å². The molecule has 0 atom stereocenters. The Kier molecular flexibility index (Phi) is 4.66. The van der Waals surface area contributed by atoms with Gasteiger partial charge in [-0.3, -0.25) is 0 Å². The molecule has 0 radical (unpaired) electrons. The Morgan fingerprint density at radius 1 is 1.36 bits per heavy atom. The largest absolute Gasteiger partial charge is 0.378 e. The van der Waals surface area contributed by atoms with E-state index in [1.165, 1.54) is 11.4 Å². The summed E-state index contributed by atoms with van der Waals surface area (Å²) in [6.07, 6.45) is 2.93. The van der Waals surface area contributed by atoms with Crippen molar-refractivity contribution in [2.45, 2.75) is 27.2 Å². The Hall–Kier alpha value is -0.830. The van der Waals surface area contributed by atoms with Crippen LogP contribution in [-0.4, -0.2) is 37.0 Å². The molecule has 1 heterocycles. The van der Waals surface area contributed by atoms with E-state index < -0.39 is 0 Å². The van der Waals surface area contributed by atoms with Crippen molar-refractivity contribution in [3.05, 3.63) is 11.8 Å². The van der Waals surface area contributed by atoms with Gasteiger partial charge in [-0.25, -0.2) is 4.99 Å². The minimum Gasteiger partial charge on any atom is -0.378 e. The molecule has 0 saturated carbocycles. The summed E-state index contributed by atoms with van der Waals surface area (Å²) >= 11 is 0. The molecule has 1 aliphatic rings. The van der Waals surface area contributed by atoms with E-state index >= 15 is 0 Å². The molecule has 0 aliphatic carbocycles. The van der Waals surface area contributed by atoms with Crippen molar-refractivity contribution in [3.63, 3.8) is 0 Å². The lowest BCUT2D eigenvalue weighted by Crippen LogP contribution is -2.40. The predicted octanol–water partition coefficient (Wildman–Crippen LogP) is 2.05. The number of aliphatic imine (C=N–C) groups is 1. The predicted molar refractivity (Wildman–Crippen MR) is 59.5 cm³/mol. The van der Waals surface area contributed by atoms with Gasteiger partial charge in [-0.2, -0.15) is 0 Å². The monoisotopic (exact) mass is 196 g/mol. The fourth-order valence-corrected chi connectivity index (χ4v) is 1.42. The SMILES string of the molecule is CCC(=NC=C(C)C)N1CCOCC1. The smallest absolute Gasteiger partial charge is 0.104 e.